The molecule has 0 saturated heterocycles. The zero-order valence-electron chi connectivity index (χ0n) is 6.65. The Labute approximate surface area is 57.9 Å². The monoisotopic (exact) mass is 127 g/mol. The van der Waals surface area contributed by atoms with E-state index >= 15 is 0 Å². The van der Waals surface area contributed by atoms with Crippen molar-refractivity contribution in [3.8, 4) is 0 Å². The van der Waals surface area contributed by atoms with Crippen LogP contribution in [0.1, 0.15) is 33.6 Å². The third-order valence-electron chi connectivity index (χ3n) is 1.40. The van der Waals surface area contributed by atoms with Crippen molar-refractivity contribution in [2.45, 2.75) is 33.6 Å². The van der Waals surface area contributed by atoms with Gasteiger partial charge >= 0.3 is 0 Å². The van der Waals surface area contributed by atoms with E-state index in [1.54, 1.807) is 6.20 Å². The van der Waals surface area contributed by atoms with E-state index in [0.29, 0.717) is 0 Å². The number of allylic oxidation sites excluding steroid dienone is 1. The molecular formula is C8H17N. The Morgan fingerprint density at radius 1 is 1.56 bits per heavy atom. The minimum Gasteiger partial charge on any atom is -0.405 e. The molecule has 0 heterocycles. The Morgan fingerprint density at radius 2 is 2.11 bits per heavy atom. The van der Waals surface area contributed by atoms with Crippen molar-refractivity contribution in [3.63, 3.8) is 0 Å². The Bertz CT molecular complexity index is 92.7. The zero-order valence-corrected chi connectivity index (χ0v) is 6.65. The number of hydrogen-bond donors (Lipinski definition) is 1. The molecule has 0 unspecified atom stereocenters. The minimum absolute atomic E-state index is 0.792. The molecule has 0 aromatic heterocycles. The predicted molar refractivity (Wildman–Crippen MR) is 42.0 cm³/mol. The second kappa shape index (κ2) is 4.42. The fourth-order valence-corrected chi connectivity index (χ4v) is 0.600. The molecule has 0 aromatic rings. The van der Waals surface area contributed by atoms with Crippen molar-refractivity contribution < 1.29 is 0 Å². The van der Waals surface area contributed by atoms with E-state index in [2.05, 4.69) is 20.8 Å². The van der Waals surface area contributed by atoms with E-state index in [1.165, 1.54) is 12.0 Å². The Balaban J connectivity index is 3.28. The van der Waals surface area contributed by atoms with Gasteiger partial charge in [-0.1, -0.05) is 19.4 Å². The molecule has 0 saturated carbocycles. The van der Waals surface area contributed by atoms with Crippen molar-refractivity contribution in [2.24, 2.45) is 11.7 Å². The van der Waals surface area contributed by atoms with Crippen LogP contribution in [0.15, 0.2) is 11.8 Å². The van der Waals surface area contributed by atoms with E-state index in [-0.39, 0.29) is 0 Å². The van der Waals surface area contributed by atoms with Gasteiger partial charge in [0, 0.05) is 0 Å². The Morgan fingerprint density at radius 3 is 2.44 bits per heavy atom. The van der Waals surface area contributed by atoms with Gasteiger partial charge in [0.25, 0.3) is 0 Å². The lowest BCUT2D eigenvalue weighted by atomic mass is 10.0. The maximum absolute atomic E-state index is 5.30. The average molecular weight is 127 g/mol. The summed E-state index contributed by atoms with van der Waals surface area (Å²) >= 11 is 0. The molecule has 9 heavy (non-hydrogen) atoms. The maximum atomic E-state index is 5.30. The van der Waals surface area contributed by atoms with Crippen molar-refractivity contribution in [1.82, 2.24) is 0 Å². The van der Waals surface area contributed by atoms with Crippen LogP contribution in [0.5, 0.6) is 0 Å². The second-order valence-electron chi connectivity index (χ2n) is 2.95. The molecule has 0 aliphatic heterocycles. The van der Waals surface area contributed by atoms with Gasteiger partial charge in [0.15, 0.2) is 0 Å². The highest BCUT2D eigenvalue weighted by Crippen LogP contribution is 2.08. The van der Waals surface area contributed by atoms with Gasteiger partial charge in [-0.15, -0.1) is 0 Å². The van der Waals surface area contributed by atoms with Crippen LogP contribution in [0, 0.1) is 5.92 Å². The summed E-state index contributed by atoms with van der Waals surface area (Å²) in [5.74, 6) is 0.792. The topological polar surface area (TPSA) is 26.0 Å². The Kier molecular flexibility index (Phi) is 4.20. The zero-order chi connectivity index (χ0) is 7.28. The smallest absolute Gasteiger partial charge is 0.00733 e. The number of hydrogen-bond acceptors (Lipinski definition) is 1. The SMILES string of the molecule is C/C(=C/N)CCC(C)C. The molecule has 0 spiro atoms. The van der Waals surface area contributed by atoms with Gasteiger partial charge in [-0.25, -0.2) is 0 Å². The van der Waals surface area contributed by atoms with Gasteiger partial charge in [0.05, 0.1) is 0 Å². The van der Waals surface area contributed by atoms with Crippen LogP contribution in [-0.4, -0.2) is 0 Å². The van der Waals surface area contributed by atoms with Gasteiger partial charge in [-0.3, -0.25) is 0 Å². The largest absolute Gasteiger partial charge is 0.405 e. The van der Waals surface area contributed by atoms with E-state index in [9.17, 15) is 0 Å². The highest BCUT2D eigenvalue weighted by Gasteiger charge is 1.93. The van der Waals surface area contributed by atoms with Crippen molar-refractivity contribution in [3.05, 3.63) is 11.8 Å². The number of rotatable bonds is 3. The molecule has 0 aliphatic rings. The molecule has 1 heteroatoms. The van der Waals surface area contributed by atoms with E-state index < -0.39 is 0 Å². The maximum Gasteiger partial charge on any atom is -0.00733 e. The highest BCUT2D eigenvalue weighted by molar-refractivity contribution is 4.94. The van der Waals surface area contributed by atoms with Crippen LogP contribution in [-0.2, 0) is 0 Å². The average Bonchev–Trinajstić information content (AvgIpc) is 1.83. The molecule has 0 atom stereocenters. The normalized spacial score (nSPS) is 12.7. The fourth-order valence-electron chi connectivity index (χ4n) is 0.600. The van der Waals surface area contributed by atoms with Crippen molar-refractivity contribution >= 4 is 0 Å². The first kappa shape index (κ1) is 8.54. The van der Waals surface area contributed by atoms with Gasteiger partial charge in [0.2, 0.25) is 0 Å². The first-order chi connectivity index (χ1) is 4.16. The molecule has 2 N–H and O–H groups in total. The van der Waals surface area contributed by atoms with Gasteiger partial charge in [-0.2, -0.15) is 0 Å². The van der Waals surface area contributed by atoms with Crippen molar-refractivity contribution in [1.29, 1.82) is 0 Å². The molecule has 54 valence electrons. The van der Waals surface area contributed by atoms with E-state index in [4.69, 9.17) is 5.73 Å². The van der Waals surface area contributed by atoms with Crippen LogP contribution in [0.4, 0.5) is 0 Å². The highest BCUT2D eigenvalue weighted by atomic mass is 14.5. The van der Waals surface area contributed by atoms with Crippen LogP contribution >= 0.6 is 0 Å². The first-order valence-electron chi connectivity index (χ1n) is 3.54. The minimum atomic E-state index is 0.792. The van der Waals surface area contributed by atoms with Crippen LogP contribution in [0.25, 0.3) is 0 Å². The lowest BCUT2D eigenvalue weighted by molar-refractivity contribution is 0.584. The molecule has 0 amide bonds. The summed E-state index contributed by atoms with van der Waals surface area (Å²) in [4.78, 5) is 0. The first-order valence-corrected chi connectivity index (χ1v) is 3.54. The fraction of sp³-hybridized carbons (Fsp3) is 0.750. The molecule has 0 radical (unpaired) electrons. The quantitative estimate of drug-likeness (QED) is 0.618. The summed E-state index contributed by atoms with van der Waals surface area (Å²) in [5.41, 5.74) is 6.59. The summed E-state index contributed by atoms with van der Waals surface area (Å²) in [6.45, 7) is 6.52. The van der Waals surface area contributed by atoms with E-state index in [0.717, 1.165) is 12.3 Å². The van der Waals surface area contributed by atoms with Crippen LogP contribution < -0.4 is 5.73 Å². The predicted octanol–water partition coefficient (Wildman–Crippen LogP) is 2.29. The standard InChI is InChI=1S/C8H17N/c1-7(2)4-5-8(3)6-9/h6-7H,4-5,9H2,1-3H3/b8-6-. The lowest BCUT2D eigenvalue weighted by Gasteiger charge is -2.02. The van der Waals surface area contributed by atoms with Gasteiger partial charge < -0.3 is 5.73 Å². The third-order valence-corrected chi connectivity index (χ3v) is 1.40. The van der Waals surface area contributed by atoms with Crippen LogP contribution in [0.3, 0.4) is 0 Å². The molecular weight excluding hydrogens is 110 g/mol. The third kappa shape index (κ3) is 5.41. The summed E-state index contributed by atoms with van der Waals surface area (Å²) < 4.78 is 0. The summed E-state index contributed by atoms with van der Waals surface area (Å²) in [6, 6.07) is 0. The lowest BCUT2D eigenvalue weighted by Crippen LogP contribution is -1.90. The second-order valence-corrected chi connectivity index (χ2v) is 2.95. The molecule has 0 aromatic carbocycles. The molecule has 0 rings (SSSR count). The molecule has 0 aliphatic carbocycles. The molecule has 0 bridgehead atoms. The van der Waals surface area contributed by atoms with Gasteiger partial charge in [0.1, 0.15) is 0 Å². The summed E-state index contributed by atoms with van der Waals surface area (Å²) in [7, 11) is 0. The van der Waals surface area contributed by atoms with Gasteiger partial charge in [-0.05, 0) is 31.9 Å². The molecule has 0 fully saturated rings. The molecule has 1 nitrogen and oxygen atoms in total. The summed E-state index contributed by atoms with van der Waals surface area (Å²) in [5, 5.41) is 0. The van der Waals surface area contributed by atoms with Crippen molar-refractivity contribution in [2.75, 3.05) is 0 Å². The Hall–Kier alpha value is -0.460. The van der Waals surface area contributed by atoms with E-state index in [1.807, 2.05) is 0 Å². The number of nitrogens with two attached hydrogens (primary N) is 1. The summed E-state index contributed by atoms with van der Waals surface area (Å²) in [6.07, 6.45) is 4.09. The van der Waals surface area contributed by atoms with Crippen LogP contribution in [0.2, 0.25) is 0 Å².